The lowest BCUT2D eigenvalue weighted by atomic mass is 9.47. The van der Waals surface area contributed by atoms with Crippen molar-refractivity contribution in [3.8, 4) is 0 Å². The fraction of sp³-hybridized carbons (Fsp3) is 0.762. The lowest BCUT2D eigenvalue weighted by Crippen LogP contribution is -2.49. The predicted octanol–water partition coefficient (Wildman–Crippen LogP) is 5.35. The maximum absolute atomic E-state index is 11.4. The molecule has 0 radical (unpaired) electrons. The number of rotatable bonds is 2. The topological polar surface area (TPSA) is 37.3 Å². The molecule has 0 heterocycles. The second kappa shape index (κ2) is 5.22. The van der Waals surface area contributed by atoms with E-state index in [-0.39, 0.29) is 17.8 Å². The third-order valence-corrected chi connectivity index (χ3v) is 7.63. The van der Waals surface area contributed by atoms with Crippen LogP contribution in [0, 0.1) is 28.6 Å². The van der Waals surface area contributed by atoms with Crippen molar-refractivity contribution < 1.29 is 14.0 Å². The Bertz CT molecular complexity index is 677. The maximum atomic E-state index is 11.4. The highest BCUT2D eigenvalue weighted by Gasteiger charge is 2.56. The summed E-state index contributed by atoms with van der Waals surface area (Å²) in [5, 5.41) is 9.34. The highest BCUT2D eigenvalue weighted by molar-refractivity contribution is 5.70. The standard InChI is InChI=1S/C21H30O2/c1-20-11-4-3-5-14(20)6-8-16-17-9-7-15(13-19(22)23)21(17,2)12-10-18(16)20/h6-7,16-18H,3-5,8-13H2,1-2H3,(H,22,23)/t16-,17-,18-,20-,21+/m0/s1/i2D3. The van der Waals surface area contributed by atoms with E-state index in [1.165, 1.54) is 25.7 Å². The molecule has 0 aromatic rings. The third-order valence-electron chi connectivity index (χ3n) is 7.63. The Labute approximate surface area is 144 Å². The van der Waals surface area contributed by atoms with E-state index < -0.39 is 18.2 Å². The van der Waals surface area contributed by atoms with Gasteiger partial charge in [0.05, 0.1) is 6.42 Å². The lowest BCUT2D eigenvalue weighted by Gasteiger charge is -2.57. The molecule has 4 rings (SSSR count). The number of hydrogen-bond donors (Lipinski definition) is 1. The van der Waals surface area contributed by atoms with Crippen LogP contribution in [0.5, 0.6) is 0 Å². The minimum absolute atomic E-state index is 0.0691. The van der Waals surface area contributed by atoms with E-state index in [0.29, 0.717) is 23.8 Å². The van der Waals surface area contributed by atoms with Gasteiger partial charge in [0.15, 0.2) is 0 Å². The molecule has 5 atom stereocenters. The van der Waals surface area contributed by atoms with Gasteiger partial charge in [-0.3, -0.25) is 4.79 Å². The molecule has 0 amide bonds. The minimum Gasteiger partial charge on any atom is -0.481 e. The van der Waals surface area contributed by atoms with Gasteiger partial charge in [0.2, 0.25) is 0 Å². The molecule has 2 nitrogen and oxygen atoms in total. The van der Waals surface area contributed by atoms with E-state index in [1.807, 2.05) is 6.08 Å². The molecule has 0 bridgehead atoms. The molecule has 0 spiro atoms. The van der Waals surface area contributed by atoms with Gasteiger partial charge in [-0.1, -0.05) is 43.5 Å². The highest BCUT2D eigenvalue weighted by atomic mass is 16.4. The van der Waals surface area contributed by atoms with Crippen molar-refractivity contribution in [2.45, 2.75) is 71.6 Å². The van der Waals surface area contributed by atoms with Gasteiger partial charge in [0.25, 0.3) is 0 Å². The van der Waals surface area contributed by atoms with Gasteiger partial charge in [-0.15, -0.1) is 0 Å². The molecule has 2 saturated carbocycles. The molecule has 0 unspecified atom stereocenters. The van der Waals surface area contributed by atoms with Crippen LogP contribution in [0.15, 0.2) is 23.3 Å². The molecule has 23 heavy (non-hydrogen) atoms. The van der Waals surface area contributed by atoms with Gasteiger partial charge in [-0.2, -0.15) is 0 Å². The van der Waals surface area contributed by atoms with Gasteiger partial charge in [0, 0.05) is 4.11 Å². The Morgan fingerprint density at radius 1 is 1.26 bits per heavy atom. The second-order valence-corrected chi connectivity index (χ2v) is 8.51. The van der Waals surface area contributed by atoms with Crippen LogP contribution in [0.25, 0.3) is 0 Å². The number of aliphatic carboxylic acids is 1. The van der Waals surface area contributed by atoms with Crippen molar-refractivity contribution in [2.75, 3.05) is 0 Å². The zero-order chi connectivity index (χ0) is 18.7. The van der Waals surface area contributed by atoms with Gasteiger partial charge >= 0.3 is 5.97 Å². The Hall–Kier alpha value is -1.05. The Morgan fingerprint density at radius 3 is 2.91 bits per heavy atom. The van der Waals surface area contributed by atoms with Crippen molar-refractivity contribution in [2.24, 2.45) is 28.6 Å². The van der Waals surface area contributed by atoms with Gasteiger partial charge < -0.3 is 5.11 Å². The van der Waals surface area contributed by atoms with Crippen molar-refractivity contribution in [1.29, 1.82) is 0 Å². The normalized spacial score (nSPS) is 47.9. The van der Waals surface area contributed by atoms with Crippen LogP contribution in [0.1, 0.15) is 75.7 Å². The number of allylic oxidation sites excluding steroid dienone is 3. The first-order valence-electron chi connectivity index (χ1n) is 10.8. The number of carbonyl (C=O) groups is 1. The van der Waals surface area contributed by atoms with Crippen molar-refractivity contribution in [3.05, 3.63) is 23.3 Å². The molecule has 0 aromatic carbocycles. The fourth-order valence-corrected chi connectivity index (χ4v) is 6.46. The Balaban J connectivity index is 1.73. The van der Waals surface area contributed by atoms with E-state index in [9.17, 15) is 9.90 Å². The zero-order valence-electron chi connectivity index (χ0n) is 17.1. The summed E-state index contributed by atoms with van der Waals surface area (Å²) in [6.07, 6.45) is 12.5. The molecule has 0 saturated heterocycles. The van der Waals surface area contributed by atoms with Crippen molar-refractivity contribution >= 4 is 5.97 Å². The first-order valence-corrected chi connectivity index (χ1v) is 9.31. The molecule has 0 aromatic heterocycles. The Kier molecular flexibility index (Phi) is 2.80. The molecule has 0 aliphatic heterocycles. The number of carboxylic acid groups (broad SMARTS) is 1. The molecule has 2 fully saturated rings. The lowest BCUT2D eigenvalue weighted by molar-refractivity contribution is -0.136. The molecule has 4 aliphatic rings. The molecule has 2 heteroatoms. The molecular weight excluding hydrogens is 284 g/mol. The number of carboxylic acids is 1. The summed E-state index contributed by atoms with van der Waals surface area (Å²) in [6.45, 7) is 0.287. The van der Waals surface area contributed by atoms with Crippen LogP contribution in [0.4, 0.5) is 0 Å². The molecule has 4 aliphatic carbocycles. The van der Waals surface area contributed by atoms with Gasteiger partial charge in [0.1, 0.15) is 0 Å². The largest absolute Gasteiger partial charge is 0.481 e. The summed E-state index contributed by atoms with van der Waals surface area (Å²) in [7, 11) is 0. The van der Waals surface area contributed by atoms with E-state index in [1.54, 1.807) is 5.57 Å². The average molecular weight is 317 g/mol. The second-order valence-electron chi connectivity index (χ2n) is 8.51. The van der Waals surface area contributed by atoms with Crippen LogP contribution >= 0.6 is 0 Å². The van der Waals surface area contributed by atoms with Crippen molar-refractivity contribution in [1.82, 2.24) is 0 Å². The molecule has 1 N–H and O–H groups in total. The van der Waals surface area contributed by atoms with E-state index >= 15 is 0 Å². The fourth-order valence-electron chi connectivity index (χ4n) is 6.46. The van der Waals surface area contributed by atoms with Crippen molar-refractivity contribution in [3.63, 3.8) is 0 Å². The predicted molar refractivity (Wildman–Crippen MR) is 92.0 cm³/mol. The summed E-state index contributed by atoms with van der Waals surface area (Å²) in [5.74, 6) is 0.0896. The van der Waals surface area contributed by atoms with E-state index in [0.717, 1.165) is 19.3 Å². The average Bonchev–Trinajstić information content (AvgIpc) is 2.93. The summed E-state index contributed by atoms with van der Waals surface area (Å²) < 4.78 is 25.0. The highest BCUT2D eigenvalue weighted by Crippen LogP contribution is 2.65. The quantitative estimate of drug-likeness (QED) is 0.697. The minimum atomic E-state index is -2.13. The monoisotopic (exact) mass is 317 g/mol. The smallest absolute Gasteiger partial charge is 0.307 e. The summed E-state index contributed by atoms with van der Waals surface area (Å²) >= 11 is 0. The van der Waals surface area contributed by atoms with Gasteiger partial charge in [-0.25, -0.2) is 0 Å². The zero-order valence-corrected chi connectivity index (χ0v) is 14.1. The van der Waals surface area contributed by atoms with Crippen LogP contribution in [-0.4, -0.2) is 11.1 Å². The van der Waals surface area contributed by atoms with Crippen LogP contribution in [0.2, 0.25) is 0 Å². The number of hydrogen-bond acceptors (Lipinski definition) is 1. The summed E-state index contributed by atoms with van der Waals surface area (Å²) in [6, 6.07) is 0. The van der Waals surface area contributed by atoms with Crippen LogP contribution in [-0.2, 0) is 4.79 Å². The number of fused-ring (bicyclic) bond motifs is 5. The van der Waals surface area contributed by atoms with Gasteiger partial charge in [-0.05, 0) is 73.5 Å². The SMILES string of the molecule is [2H]C([2H])([2H])[C@]12CC[C@H]3[C@@H](CC=C4CCCC[C@@]43C)[C@@H]1CC=C2CC(=O)O. The summed E-state index contributed by atoms with van der Waals surface area (Å²) in [5.41, 5.74) is 1.61. The first-order chi connectivity index (χ1) is 12.2. The van der Waals surface area contributed by atoms with E-state index in [2.05, 4.69) is 13.0 Å². The molecule has 126 valence electrons. The van der Waals surface area contributed by atoms with Crippen LogP contribution in [0.3, 0.4) is 0 Å². The summed E-state index contributed by atoms with van der Waals surface area (Å²) in [4.78, 5) is 11.4. The third kappa shape index (κ3) is 2.16. The van der Waals surface area contributed by atoms with E-state index in [4.69, 9.17) is 4.11 Å². The molecular formula is C21H30O2. The Morgan fingerprint density at radius 2 is 2.13 bits per heavy atom. The maximum Gasteiger partial charge on any atom is 0.307 e. The van der Waals surface area contributed by atoms with Crippen LogP contribution < -0.4 is 0 Å². The first kappa shape index (κ1) is 12.3.